The van der Waals surface area contributed by atoms with Gasteiger partial charge >= 0.3 is 6.03 Å². The number of imide groups is 1. The molecule has 2 aromatic rings. The van der Waals surface area contributed by atoms with Crippen LogP contribution in [0.5, 0.6) is 0 Å². The lowest BCUT2D eigenvalue weighted by atomic mass is 9.95. The predicted octanol–water partition coefficient (Wildman–Crippen LogP) is 3.20. The topological polar surface area (TPSA) is 91.7 Å². The molecule has 28 heavy (non-hydrogen) atoms. The third-order valence-electron chi connectivity index (χ3n) is 4.35. The van der Waals surface area contributed by atoms with E-state index in [9.17, 15) is 14.4 Å². The number of hydrogen-bond donors (Lipinski definition) is 1. The summed E-state index contributed by atoms with van der Waals surface area (Å²) in [5, 5.41) is 5.63. The molecular formula is C20H16N4O3S. The summed E-state index contributed by atoms with van der Waals surface area (Å²) in [6.45, 7) is 1.54. The van der Waals surface area contributed by atoms with Crippen LogP contribution in [0.1, 0.15) is 5.01 Å². The van der Waals surface area contributed by atoms with Gasteiger partial charge in [0.1, 0.15) is 6.54 Å². The molecule has 1 aliphatic heterocycles. The maximum absolute atomic E-state index is 12.6. The lowest BCUT2D eigenvalue weighted by Crippen LogP contribution is -2.48. The number of urea groups is 1. The molecule has 0 saturated carbocycles. The van der Waals surface area contributed by atoms with Crippen molar-refractivity contribution in [2.45, 2.75) is 6.92 Å². The van der Waals surface area contributed by atoms with Crippen LogP contribution < -0.4 is 5.32 Å². The molecule has 4 amide bonds. The fraction of sp³-hybridized carbons (Fsp3) is 0.150. The summed E-state index contributed by atoms with van der Waals surface area (Å²) in [6, 6.07) is 6.54. The number of aromatic nitrogens is 1. The second kappa shape index (κ2) is 7.32. The largest absolute Gasteiger partial charge is 0.351 e. The number of allylic oxidation sites excluding steroid dienone is 3. The Balaban J connectivity index is 1.47. The van der Waals surface area contributed by atoms with Crippen molar-refractivity contribution in [2.24, 2.45) is 10.9 Å². The molecule has 0 fully saturated rings. The zero-order valence-corrected chi connectivity index (χ0v) is 15.8. The van der Waals surface area contributed by atoms with E-state index in [2.05, 4.69) is 15.3 Å². The van der Waals surface area contributed by atoms with Crippen molar-refractivity contribution >= 4 is 40.6 Å². The van der Waals surface area contributed by atoms with Gasteiger partial charge in [0.05, 0.1) is 22.3 Å². The number of amides is 4. The van der Waals surface area contributed by atoms with E-state index in [-0.39, 0.29) is 6.54 Å². The number of benzene rings is 1. The second-order valence-electron chi connectivity index (χ2n) is 6.35. The molecule has 0 radical (unpaired) electrons. The van der Waals surface area contributed by atoms with Crippen molar-refractivity contribution in [3.63, 3.8) is 0 Å². The zero-order valence-electron chi connectivity index (χ0n) is 15.0. The number of rotatable bonds is 4. The SMILES string of the molecule is Cc1nc(-c2cccc(NC(=O)CN3C(=O)N=C4C=CC=CC4C3=O)c2)cs1. The van der Waals surface area contributed by atoms with Crippen molar-refractivity contribution < 1.29 is 14.4 Å². The van der Waals surface area contributed by atoms with Crippen LogP contribution in [0.2, 0.25) is 0 Å². The van der Waals surface area contributed by atoms with Gasteiger partial charge in [-0.2, -0.15) is 4.99 Å². The van der Waals surface area contributed by atoms with Crippen LogP contribution in [-0.2, 0) is 9.59 Å². The molecule has 1 N–H and O–H groups in total. The summed E-state index contributed by atoms with van der Waals surface area (Å²) in [4.78, 5) is 46.4. The molecule has 8 heteroatoms. The van der Waals surface area contributed by atoms with Crippen molar-refractivity contribution in [3.8, 4) is 11.3 Å². The summed E-state index contributed by atoms with van der Waals surface area (Å²) in [6.07, 6.45) is 6.73. The van der Waals surface area contributed by atoms with E-state index in [0.29, 0.717) is 11.4 Å². The average Bonchev–Trinajstić information content (AvgIpc) is 3.12. The molecule has 0 bridgehead atoms. The summed E-state index contributed by atoms with van der Waals surface area (Å²) < 4.78 is 0. The van der Waals surface area contributed by atoms with Crippen LogP contribution in [0.4, 0.5) is 10.5 Å². The maximum Gasteiger partial charge on any atom is 0.351 e. The van der Waals surface area contributed by atoms with E-state index in [1.54, 1.807) is 47.8 Å². The van der Waals surface area contributed by atoms with E-state index in [0.717, 1.165) is 21.2 Å². The fourth-order valence-corrected chi connectivity index (χ4v) is 3.64. The second-order valence-corrected chi connectivity index (χ2v) is 7.41. The fourth-order valence-electron chi connectivity index (χ4n) is 3.02. The van der Waals surface area contributed by atoms with Gasteiger partial charge in [-0.1, -0.05) is 30.4 Å². The van der Waals surface area contributed by atoms with Gasteiger partial charge in [-0.3, -0.25) is 14.5 Å². The third kappa shape index (κ3) is 3.54. The highest BCUT2D eigenvalue weighted by Crippen LogP contribution is 2.24. The van der Waals surface area contributed by atoms with Crippen molar-refractivity contribution in [1.29, 1.82) is 0 Å². The summed E-state index contributed by atoms with van der Waals surface area (Å²) in [7, 11) is 0. The van der Waals surface area contributed by atoms with Gasteiger partial charge in [-0.15, -0.1) is 11.3 Å². The molecule has 0 saturated heterocycles. The number of carbonyl (C=O) groups excluding carboxylic acids is 3. The van der Waals surface area contributed by atoms with E-state index < -0.39 is 23.8 Å². The highest BCUT2D eigenvalue weighted by atomic mass is 32.1. The monoisotopic (exact) mass is 392 g/mol. The Labute approximate surface area is 165 Å². The lowest BCUT2D eigenvalue weighted by Gasteiger charge is -2.27. The molecule has 2 heterocycles. The highest BCUT2D eigenvalue weighted by Gasteiger charge is 2.36. The molecule has 1 aromatic carbocycles. The van der Waals surface area contributed by atoms with Gasteiger partial charge in [-0.05, 0) is 25.1 Å². The number of fused-ring (bicyclic) bond motifs is 1. The van der Waals surface area contributed by atoms with Crippen LogP contribution in [0, 0.1) is 12.8 Å². The highest BCUT2D eigenvalue weighted by molar-refractivity contribution is 7.09. The maximum atomic E-state index is 12.6. The average molecular weight is 392 g/mol. The number of thiazole rings is 1. The normalized spacial score (nSPS) is 18.1. The molecule has 140 valence electrons. The number of nitrogens with zero attached hydrogens (tertiary/aromatic N) is 3. The predicted molar refractivity (Wildman–Crippen MR) is 107 cm³/mol. The van der Waals surface area contributed by atoms with Crippen molar-refractivity contribution in [3.05, 3.63) is 59.0 Å². The molecule has 2 aliphatic rings. The van der Waals surface area contributed by atoms with Gasteiger partial charge in [0.15, 0.2) is 0 Å². The van der Waals surface area contributed by atoms with Crippen molar-refractivity contribution in [2.75, 3.05) is 11.9 Å². The summed E-state index contributed by atoms with van der Waals surface area (Å²) in [5.74, 6) is -1.54. The first-order valence-corrected chi connectivity index (χ1v) is 9.50. The Morgan fingerprint density at radius 1 is 1.29 bits per heavy atom. The third-order valence-corrected chi connectivity index (χ3v) is 5.12. The molecule has 0 spiro atoms. The molecule has 4 rings (SSSR count). The van der Waals surface area contributed by atoms with Gasteiger partial charge in [-0.25, -0.2) is 9.78 Å². The number of hydrogen-bond acceptors (Lipinski definition) is 5. The van der Waals surface area contributed by atoms with Crippen LogP contribution in [-0.4, -0.2) is 40.0 Å². The van der Waals surface area contributed by atoms with Crippen LogP contribution in [0.25, 0.3) is 11.3 Å². The molecule has 1 aliphatic carbocycles. The standard InChI is InChI=1S/C20H16N4O3S/c1-12-21-17(11-28-12)13-5-4-6-14(9-13)22-18(25)10-24-19(26)15-7-2-3-8-16(15)23-20(24)27/h2-9,11,15H,10H2,1H3,(H,22,25). The molecule has 1 aromatic heterocycles. The minimum Gasteiger partial charge on any atom is -0.325 e. The van der Waals surface area contributed by atoms with Crippen LogP contribution >= 0.6 is 11.3 Å². The summed E-state index contributed by atoms with van der Waals surface area (Å²) >= 11 is 1.55. The number of carbonyl (C=O) groups is 3. The number of aliphatic imine (C=N–C) groups is 1. The first-order valence-electron chi connectivity index (χ1n) is 8.62. The lowest BCUT2D eigenvalue weighted by molar-refractivity contribution is -0.132. The van der Waals surface area contributed by atoms with E-state index in [4.69, 9.17) is 0 Å². The van der Waals surface area contributed by atoms with Gasteiger partial charge in [0.2, 0.25) is 11.8 Å². The molecular weight excluding hydrogens is 376 g/mol. The van der Waals surface area contributed by atoms with E-state index in [1.807, 2.05) is 24.4 Å². The minimum atomic E-state index is -0.724. The van der Waals surface area contributed by atoms with E-state index in [1.165, 1.54) is 0 Å². The Morgan fingerprint density at radius 2 is 2.14 bits per heavy atom. The van der Waals surface area contributed by atoms with Crippen LogP contribution in [0.15, 0.2) is 58.9 Å². The number of nitrogens with one attached hydrogen (secondary N) is 1. The molecule has 7 nitrogen and oxygen atoms in total. The minimum absolute atomic E-state index is 0.386. The first kappa shape index (κ1) is 18.0. The Kier molecular flexibility index (Phi) is 4.70. The Hall–Kier alpha value is -3.39. The Morgan fingerprint density at radius 3 is 2.93 bits per heavy atom. The number of aryl methyl sites for hydroxylation is 1. The number of anilines is 1. The molecule has 1 atom stereocenters. The van der Waals surface area contributed by atoms with E-state index >= 15 is 0 Å². The van der Waals surface area contributed by atoms with Gasteiger partial charge in [0.25, 0.3) is 0 Å². The van der Waals surface area contributed by atoms with Crippen LogP contribution in [0.3, 0.4) is 0 Å². The van der Waals surface area contributed by atoms with Gasteiger partial charge < -0.3 is 5.32 Å². The summed E-state index contributed by atoms with van der Waals surface area (Å²) in [5.41, 5.74) is 2.68. The van der Waals surface area contributed by atoms with Gasteiger partial charge in [0, 0.05) is 16.6 Å². The zero-order chi connectivity index (χ0) is 19.7. The van der Waals surface area contributed by atoms with Crippen molar-refractivity contribution in [1.82, 2.24) is 9.88 Å². The first-order chi connectivity index (χ1) is 13.5. The smallest absolute Gasteiger partial charge is 0.325 e. The Bertz CT molecular complexity index is 1070. The quantitative estimate of drug-likeness (QED) is 0.865. The molecule has 1 unspecified atom stereocenters.